The second-order valence-electron chi connectivity index (χ2n) is 5.45. The molecule has 0 spiro atoms. The van der Waals surface area contributed by atoms with Crippen LogP contribution in [-0.4, -0.2) is 70.0 Å². The lowest BCUT2D eigenvalue weighted by molar-refractivity contribution is -0.122. The highest BCUT2D eigenvalue weighted by atomic mass is 32.2. The highest BCUT2D eigenvalue weighted by molar-refractivity contribution is 7.91. The molecule has 7 heteroatoms. The third-order valence-electron chi connectivity index (χ3n) is 3.71. The number of hydrogen-bond acceptors (Lipinski definition) is 5. The smallest absolute Gasteiger partial charge is 0.234 e. The van der Waals surface area contributed by atoms with Crippen molar-refractivity contribution in [2.75, 3.05) is 50.8 Å². The maximum atomic E-state index is 11.8. The van der Waals surface area contributed by atoms with Crippen molar-refractivity contribution in [3.63, 3.8) is 0 Å². The molecule has 19 heavy (non-hydrogen) atoms. The first-order valence-corrected chi connectivity index (χ1v) is 8.77. The zero-order valence-electron chi connectivity index (χ0n) is 11.2. The summed E-state index contributed by atoms with van der Waals surface area (Å²) in [5.74, 6) is 0.595. The molecule has 1 amide bonds. The minimum Gasteiger partial charge on any atom is -0.355 e. The number of nitrogens with zero attached hydrogens (tertiary/aromatic N) is 1. The van der Waals surface area contributed by atoms with Gasteiger partial charge < -0.3 is 10.6 Å². The van der Waals surface area contributed by atoms with Gasteiger partial charge in [0.05, 0.1) is 18.1 Å². The molecule has 1 unspecified atom stereocenters. The van der Waals surface area contributed by atoms with Crippen LogP contribution in [0.2, 0.25) is 0 Å². The van der Waals surface area contributed by atoms with Crippen LogP contribution in [0.5, 0.6) is 0 Å². The summed E-state index contributed by atoms with van der Waals surface area (Å²) in [7, 11) is -2.85. The topological polar surface area (TPSA) is 78.5 Å². The zero-order chi connectivity index (χ0) is 13.7. The predicted molar refractivity (Wildman–Crippen MR) is 73.7 cm³/mol. The molecule has 6 nitrogen and oxygen atoms in total. The molecule has 0 radical (unpaired) electrons. The fourth-order valence-electron chi connectivity index (χ4n) is 2.61. The lowest BCUT2D eigenvalue weighted by atomic mass is 10.1. The fourth-order valence-corrected chi connectivity index (χ4v) is 4.47. The van der Waals surface area contributed by atoms with Crippen LogP contribution in [0.3, 0.4) is 0 Å². The Labute approximate surface area is 114 Å². The van der Waals surface area contributed by atoms with Gasteiger partial charge in [0.25, 0.3) is 0 Å². The van der Waals surface area contributed by atoms with Crippen molar-refractivity contribution in [3.05, 3.63) is 0 Å². The molecule has 0 aromatic rings. The molecular weight excluding hydrogens is 266 g/mol. The van der Waals surface area contributed by atoms with E-state index in [9.17, 15) is 13.2 Å². The number of amides is 1. The van der Waals surface area contributed by atoms with E-state index in [1.54, 1.807) is 0 Å². The van der Waals surface area contributed by atoms with E-state index in [-0.39, 0.29) is 23.3 Å². The van der Waals surface area contributed by atoms with Crippen molar-refractivity contribution in [2.24, 2.45) is 5.92 Å². The number of nitrogens with one attached hydrogen (secondary N) is 2. The van der Waals surface area contributed by atoms with E-state index in [0.29, 0.717) is 19.5 Å². The SMILES string of the molecule is O=C(CN1CCCNCC1)NCC1CCS(=O)(=O)C1. The average Bonchev–Trinajstić information content (AvgIpc) is 2.55. The van der Waals surface area contributed by atoms with Crippen molar-refractivity contribution < 1.29 is 13.2 Å². The van der Waals surface area contributed by atoms with E-state index in [1.807, 2.05) is 0 Å². The summed E-state index contributed by atoms with van der Waals surface area (Å²) in [6.45, 7) is 4.68. The summed E-state index contributed by atoms with van der Waals surface area (Å²) in [5.41, 5.74) is 0. The molecule has 0 bridgehead atoms. The number of rotatable bonds is 4. The van der Waals surface area contributed by atoms with Gasteiger partial charge >= 0.3 is 0 Å². The van der Waals surface area contributed by atoms with Crippen LogP contribution in [0.1, 0.15) is 12.8 Å². The summed E-state index contributed by atoms with van der Waals surface area (Å²) >= 11 is 0. The first-order valence-electron chi connectivity index (χ1n) is 6.95. The van der Waals surface area contributed by atoms with Gasteiger partial charge in [-0.3, -0.25) is 9.69 Å². The van der Waals surface area contributed by atoms with E-state index in [4.69, 9.17) is 0 Å². The third kappa shape index (κ3) is 5.08. The molecule has 0 saturated carbocycles. The zero-order valence-corrected chi connectivity index (χ0v) is 12.0. The Morgan fingerprint density at radius 2 is 2.16 bits per heavy atom. The molecule has 2 aliphatic rings. The second kappa shape index (κ2) is 6.67. The van der Waals surface area contributed by atoms with Gasteiger partial charge in [-0.1, -0.05) is 0 Å². The van der Waals surface area contributed by atoms with Crippen molar-refractivity contribution >= 4 is 15.7 Å². The number of carbonyl (C=O) groups is 1. The lowest BCUT2D eigenvalue weighted by Gasteiger charge is -2.19. The number of carbonyl (C=O) groups excluding carboxylic acids is 1. The molecule has 2 aliphatic heterocycles. The molecule has 2 rings (SSSR count). The largest absolute Gasteiger partial charge is 0.355 e. The van der Waals surface area contributed by atoms with E-state index in [2.05, 4.69) is 15.5 Å². The summed E-state index contributed by atoms with van der Waals surface area (Å²) < 4.78 is 22.6. The molecule has 0 aromatic carbocycles. The minimum atomic E-state index is -2.85. The van der Waals surface area contributed by atoms with E-state index < -0.39 is 9.84 Å². The molecule has 2 N–H and O–H groups in total. The van der Waals surface area contributed by atoms with Gasteiger partial charge in [0.15, 0.2) is 9.84 Å². The maximum Gasteiger partial charge on any atom is 0.234 e. The summed E-state index contributed by atoms with van der Waals surface area (Å²) in [5, 5.41) is 6.16. The number of sulfone groups is 1. The Hall–Kier alpha value is -0.660. The highest BCUT2D eigenvalue weighted by Crippen LogP contribution is 2.17. The average molecular weight is 289 g/mol. The van der Waals surface area contributed by atoms with Crippen LogP contribution in [-0.2, 0) is 14.6 Å². The van der Waals surface area contributed by atoms with Gasteiger partial charge in [-0.2, -0.15) is 0 Å². The Balaban J connectivity index is 1.67. The highest BCUT2D eigenvalue weighted by Gasteiger charge is 2.28. The molecular formula is C12H23N3O3S. The maximum absolute atomic E-state index is 11.8. The van der Waals surface area contributed by atoms with Gasteiger partial charge in [-0.05, 0) is 31.8 Å². The monoisotopic (exact) mass is 289 g/mol. The standard InChI is InChI=1S/C12H23N3O3S/c16-12(9-15-5-1-3-13-4-6-15)14-8-11-2-7-19(17,18)10-11/h11,13H,1-10H2,(H,14,16). The van der Waals surface area contributed by atoms with E-state index in [0.717, 1.165) is 32.6 Å². The summed E-state index contributed by atoms with van der Waals surface area (Å²) in [4.78, 5) is 14.0. The Kier molecular flexibility index (Phi) is 5.18. The van der Waals surface area contributed by atoms with Crippen LogP contribution in [0.4, 0.5) is 0 Å². The molecule has 1 atom stereocenters. The van der Waals surface area contributed by atoms with Crippen LogP contribution in [0, 0.1) is 5.92 Å². The van der Waals surface area contributed by atoms with Crippen molar-refractivity contribution in [3.8, 4) is 0 Å². The molecule has 2 saturated heterocycles. The van der Waals surface area contributed by atoms with Crippen molar-refractivity contribution in [1.82, 2.24) is 15.5 Å². The summed E-state index contributed by atoms with van der Waals surface area (Å²) in [6, 6.07) is 0. The van der Waals surface area contributed by atoms with Gasteiger partial charge in [-0.15, -0.1) is 0 Å². The Morgan fingerprint density at radius 1 is 1.32 bits per heavy atom. The van der Waals surface area contributed by atoms with Crippen LogP contribution in [0.15, 0.2) is 0 Å². The van der Waals surface area contributed by atoms with Gasteiger partial charge in [0.2, 0.25) is 5.91 Å². The summed E-state index contributed by atoms with van der Waals surface area (Å²) in [6.07, 6.45) is 1.74. The second-order valence-corrected chi connectivity index (χ2v) is 7.68. The van der Waals surface area contributed by atoms with Crippen molar-refractivity contribution in [1.29, 1.82) is 0 Å². The Bertz CT molecular complexity index is 402. The molecule has 0 aliphatic carbocycles. The molecule has 2 fully saturated rings. The first-order chi connectivity index (χ1) is 9.05. The van der Waals surface area contributed by atoms with Gasteiger partial charge in [0.1, 0.15) is 0 Å². The number of hydrogen-bond donors (Lipinski definition) is 2. The van der Waals surface area contributed by atoms with E-state index >= 15 is 0 Å². The molecule has 2 heterocycles. The Morgan fingerprint density at radius 3 is 2.89 bits per heavy atom. The fraction of sp³-hybridized carbons (Fsp3) is 0.917. The minimum absolute atomic E-state index is 0.00574. The molecule has 0 aromatic heterocycles. The third-order valence-corrected chi connectivity index (χ3v) is 5.55. The predicted octanol–water partition coefficient (Wildman–Crippen LogP) is -1.17. The van der Waals surface area contributed by atoms with Crippen molar-refractivity contribution in [2.45, 2.75) is 12.8 Å². The first kappa shape index (κ1) is 14.7. The normalized spacial score (nSPS) is 27.9. The van der Waals surface area contributed by atoms with Crippen LogP contribution < -0.4 is 10.6 Å². The van der Waals surface area contributed by atoms with Crippen LogP contribution in [0.25, 0.3) is 0 Å². The van der Waals surface area contributed by atoms with Gasteiger partial charge in [-0.25, -0.2) is 8.42 Å². The van der Waals surface area contributed by atoms with Crippen LogP contribution >= 0.6 is 0 Å². The van der Waals surface area contributed by atoms with Gasteiger partial charge in [0, 0.05) is 19.6 Å². The molecule has 110 valence electrons. The van der Waals surface area contributed by atoms with E-state index in [1.165, 1.54) is 0 Å². The lowest BCUT2D eigenvalue weighted by Crippen LogP contribution is -2.40. The quantitative estimate of drug-likeness (QED) is 0.682.